The van der Waals surface area contributed by atoms with Crippen molar-refractivity contribution in [2.45, 2.75) is 10.8 Å². The van der Waals surface area contributed by atoms with Crippen molar-refractivity contribution in [2.24, 2.45) is 0 Å². The van der Waals surface area contributed by atoms with Gasteiger partial charge in [-0.3, -0.25) is 0 Å². The molecule has 0 amide bonds. The SMILES string of the molecule is Nc1cccc(Cl)c1S(=O)(=O)CC1COc2ccccc21. The average Bonchev–Trinajstić information content (AvgIpc) is 2.81. The van der Waals surface area contributed by atoms with Crippen molar-refractivity contribution in [2.75, 3.05) is 18.1 Å². The van der Waals surface area contributed by atoms with E-state index in [4.69, 9.17) is 22.1 Å². The molecular weight excluding hydrogens is 310 g/mol. The molecular formula is C15H14ClNO3S. The summed E-state index contributed by atoms with van der Waals surface area (Å²) in [6, 6.07) is 12.2. The van der Waals surface area contributed by atoms with Crippen molar-refractivity contribution in [3.05, 3.63) is 53.1 Å². The zero-order chi connectivity index (χ0) is 15.0. The van der Waals surface area contributed by atoms with Crippen LogP contribution in [0.4, 0.5) is 5.69 Å². The van der Waals surface area contributed by atoms with Gasteiger partial charge in [0, 0.05) is 11.5 Å². The van der Waals surface area contributed by atoms with Crippen molar-refractivity contribution in [3.63, 3.8) is 0 Å². The number of para-hydroxylation sites is 1. The molecule has 6 heteroatoms. The second-order valence-corrected chi connectivity index (χ2v) is 7.36. The molecule has 0 saturated heterocycles. The molecule has 21 heavy (non-hydrogen) atoms. The van der Waals surface area contributed by atoms with Crippen molar-refractivity contribution >= 4 is 27.1 Å². The summed E-state index contributed by atoms with van der Waals surface area (Å²) in [4.78, 5) is 0.0102. The van der Waals surface area contributed by atoms with E-state index in [1.165, 1.54) is 12.1 Å². The van der Waals surface area contributed by atoms with Crippen LogP contribution in [-0.2, 0) is 9.84 Å². The first-order valence-electron chi connectivity index (χ1n) is 6.47. The standard InChI is InChI=1S/C15H14ClNO3S/c16-12-5-3-6-13(17)15(12)21(18,19)9-10-8-20-14-7-2-1-4-11(10)14/h1-7,10H,8-9,17H2. The average molecular weight is 324 g/mol. The molecule has 0 radical (unpaired) electrons. The van der Waals surface area contributed by atoms with Crippen LogP contribution in [0, 0.1) is 0 Å². The van der Waals surface area contributed by atoms with Gasteiger partial charge in [-0.15, -0.1) is 0 Å². The van der Waals surface area contributed by atoms with E-state index in [-0.39, 0.29) is 27.3 Å². The van der Waals surface area contributed by atoms with Crippen molar-refractivity contribution in [1.29, 1.82) is 0 Å². The first-order chi connectivity index (χ1) is 9.99. The highest BCUT2D eigenvalue weighted by molar-refractivity contribution is 7.91. The van der Waals surface area contributed by atoms with E-state index in [1.54, 1.807) is 6.07 Å². The number of nitrogen functional groups attached to an aromatic ring is 1. The minimum Gasteiger partial charge on any atom is -0.493 e. The summed E-state index contributed by atoms with van der Waals surface area (Å²) in [7, 11) is -3.58. The lowest BCUT2D eigenvalue weighted by Gasteiger charge is -2.13. The largest absolute Gasteiger partial charge is 0.493 e. The number of ether oxygens (including phenoxy) is 1. The van der Waals surface area contributed by atoms with E-state index < -0.39 is 9.84 Å². The summed E-state index contributed by atoms with van der Waals surface area (Å²) in [5.74, 6) is 0.463. The molecule has 0 aliphatic carbocycles. The Morgan fingerprint density at radius 1 is 1.19 bits per heavy atom. The molecule has 1 heterocycles. The van der Waals surface area contributed by atoms with Gasteiger partial charge < -0.3 is 10.5 Å². The maximum absolute atomic E-state index is 12.6. The highest BCUT2D eigenvalue weighted by Crippen LogP contribution is 2.37. The van der Waals surface area contributed by atoms with Gasteiger partial charge in [0.25, 0.3) is 0 Å². The molecule has 0 saturated carbocycles. The molecule has 1 aliphatic heterocycles. The third kappa shape index (κ3) is 2.59. The van der Waals surface area contributed by atoms with Crippen molar-refractivity contribution in [1.82, 2.24) is 0 Å². The first kappa shape index (κ1) is 14.2. The summed E-state index contributed by atoms with van der Waals surface area (Å²) in [5, 5.41) is 0.155. The fourth-order valence-corrected chi connectivity index (χ4v) is 4.87. The molecule has 1 aliphatic rings. The number of hydrogen-bond donors (Lipinski definition) is 1. The van der Waals surface area contributed by atoms with Gasteiger partial charge in [-0.05, 0) is 18.2 Å². The summed E-state index contributed by atoms with van der Waals surface area (Å²) in [6.07, 6.45) is 0. The number of nitrogens with two attached hydrogens (primary N) is 1. The molecule has 2 aromatic rings. The molecule has 1 atom stereocenters. The molecule has 0 spiro atoms. The summed E-state index contributed by atoms with van der Waals surface area (Å²) in [5.41, 5.74) is 6.87. The molecule has 3 rings (SSSR count). The molecule has 4 nitrogen and oxygen atoms in total. The van der Waals surface area contributed by atoms with Crippen LogP contribution in [-0.4, -0.2) is 20.8 Å². The molecule has 0 fully saturated rings. The number of fused-ring (bicyclic) bond motifs is 1. The van der Waals surface area contributed by atoms with Crippen LogP contribution in [0.25, 0.3) is 0 Å². The Morgan fingerprint density at radius 2 is 1.95 bits per heavy atom. The second kappa shape index (κ2) is 5.24. The van der Waals surface area contributed by atoms with Crippen molar-refractivity contribution < 1.29 is 13.2 Å². The van der Waals surface area contributed by atoms with Gasteiger partial charge in [-0.25, -0.2) is 8.42 Å². The zero-order valence-electron chi connectivity index (χ0n) is 11.1. The minimum atomic E-state index is -3.58. The normalized spacial score (nSPS) is 17.3. The van der Waals surface area contributed by atoms with Crippen LogP contribution in [0.3, 0.4) is 0 Å². The quantitative estimate of drug-likeness (QED) is 0.882. The molecule has 0 aromatic heterocycles. The third-order valence-electron chi connectivity index (χ3n) is 3.53. The molecule has 0 bridgehead atoms. The van der Waals surface area contributed by atoms with Crippen LogP contribution in [0.5, 0.6) is 5.75 Å². The van der Waals surface area contributed by atoms with E-state index in [2.05, 4.69) is 0 Å². The predicted octanol–water partition coefficient (Wildman–Crippen LogP) is 2.87. The van der Waals surface area contributed by atoms with Crippen LogP contribution < -0.4 is 10.5 Å². The fraction of sp³-hybridized carbons (Fsp3) is 0.200. The van der Waals surface area contributed by atoms with E-state index in [9.17, 15) is 8.42 Å². The predicted molar refractivity (Wildman–Crippen MR) is 82.6 cm³/mol. The fourth-order valence-electron chi connectivity index (χ4n) is 2.57. The van der Waals surface area contributed by atoms with E-state index in [0.717, 1.165) is 11.3 Å². The Bertz CT molecular complexity index is 769. The number of anilines is 1. The van der Waals surface area contributed by atoms with E-state index in [1.807, 2.05) is 24.3 Å². The Balaban J connectivity index is 1.95. The van der Waals surface area contributed by atoms with Crippen LogP contribution >= 0.6 is 11.6 Å². The Kier molecular flexibility index (Phi) is 3.55. The van der Waals surface area contributed by atoms with Gasteiger partial charge in [0.15, 0.2) is 9.84 Å². The topological polar surface area (TPSA) is 69.4 Å². The second-order valence-electron chi connectivity index (χ2n) is 4.99. The number of sulfone groups is 1. The third-order valence-corrected chi connectivity index (χ3v) is 5.87. The molecule has 2 aromatic carbocycles. The van der Waals surface area contributed by atoms with Crippen molar-refractivity contribution in [3.8, 4) is 5.75 Å². The highest BCUT2D eigenvalue weighted by Gasteiger charge is 2.31. The lowest BCUT2D eigenvalue weighted by atomic mass is 10.0. The molecule has 1 unspecified atom stereocenters. The summed E-state index contributed by atoms with van der Waals surface area (Å²) < 4.78 is 30.8. The van der Waals surface area contributed by atoms with Gasteiger partial charge >= 0.3 is 0 Å². The maximum Gasteiger partial charge on any atom is 0.182 e. The minimum absolute atomic E-state index is 0.0102. The van der Waals surface area contributed by atoms with Gasteiger partial charge in [0.2, 0.25) is 0 Å². The maximum atomic E-state index is 12.6. The van der Waals surface area contributed by atoms with Gasteiger partial charge in [-0.1, -0.05) is 35.9 Å². The first-order valence-corrected chi connectivity index (χ1v) is 8.50. The highest BCUT2D eigenvalue weighted by atomic mass is 35.5. The van der Waals surface area contributed by atoms with Crippen LogP contribution in [0.1, 0.15) is 11.5 Å². The van der Waals surface area contributed by atoms with Gasteiger partial charge in [0.05, 0.1) is 23.1 Å². The summed E-state index contributed by atoms with van der Waals surface area (Å²) in [6.45, 7) is 0.350. The lowest BCUT2D eigenvalue weighted by molar-refractivity contribution is 0.337. The van der Waals surface area contributed by atoms with E-state index >= 15 is 0 Å². The van der Waals surface area contributed by atoms with Crippen LogP contribution in [0.2, 0.25) is 5.02 Å². The van der Waals surface area contributed by atoms with Gasteiger partial charge in [0.1, 0.15) is 10.6 Å². The number of rotatable bonds is 3. The zero-order valence-corrected chi connectivity index (χ0v) is 12.7. The monoisotopic (exact) mass is 323 g/mol. The summed E-state index contributed by atoms with van der Waals surface area (Å²) >= 11 is 6.01. The number of halogens is 1. The number of hydrogen-bond acceptors (Lipinski definition) is 4. The van der Waals surface area contributed by atoms with E-state index in [0.29, 0.717) is 6.61 Å². The smallest absolute Gasteiger partial charge is 0.182 e. The number of benzene rings is 2. The van der Waals surface area contributed by atoms with Gasteiger partial charge in [-0.2, -0.15) is 0 Å². The Labute approximate surface area is 128 Å². The van der Waals surface area contributed by atoms with Crippen LogP contribution in [0.15, 0.2) is 47.4 Å². The molecule has 2 N–H and O–H groups in total. The molecule has 110 valence electrons. The Hall–Kier alpha value is -1.72. The lowest BCUT2D eigenvalue weighted by Crippen LogP contribution is -2.17. The Morgan fingerprint density at radius 3 is 2.71 bits per heavy atom.